The summed E-state index contributed by atoms with van der Waals surface area (Å²) in [5.41, 5.74) is 5.60. The highest BCUT2D eigenvalue weighted by molar-refractivity contribution is 7.92. The summed E-state index contributed by atoms with van der Waals surface area (Å²) in [6.07, 6.45) is 1.87. The highest BCUT2D eigenvalue weighted by atomic mass is 32.2. The minimum atomic E-state index is -3.40. The Morgan fingerprint density at radius 3 is 2.81 bits per heavy atom. The molecule has 16 heavy (non-hydrogen) atoms. The summed E-state index contributed by atoms with van der Waals surface area (Å²) in [7, 11) is -1.82. The van der Waals surface area contributed by atoms with Crippen LogP contribution in [0.2, 0.25) is 0 Å². The smallest absolute Gasteiger partial charge is 0.233 e. The minimum absolute atomic E-state index is 0.0233. The Labute approximate surface area is 94.2 Å². The van der Waals surface area contributed by atoms with Gasteiger partial charge in [0.05, 0.1) is 17.5 Å². The lowest BCUT2D eigenvalue weighted by molar-refractivity contribution is 0.599. The summed E-state index contributed by atoms with van der Waals surface area (Å²) in [5.74, 6) is 0.0263. The molecule has 0 aliphatic rings. The number of nitrogens with two attached hydrogens (primary N) is 1. The third kappa shape index (κ3) is 2.72. The molecule has 0 aliphatic carbocycles. The van der Waals surface area contributed by atoms with Gasteiger partial charge in [0.25, 0.3) is 0 Å². The van der Waals surface area contributed by atoms with Crippen LogP contribution in [0, 0.1) is 5.41 Å². The molecule has 8 heteroatoms. The van der Waals surface area contributed by atoms with Gasteiger partial charge in [0.15, 0.2) is 0 Å². The van der Waals surface area contributed by atoms with E-state index in [1.807, 2.05) is 0 Å². The van der Waals surface area contributed by atoms with Gasteiger partial charge in [-0.25, -0.2) is 8.42 Å². The molecule has 0 bridgehead atoms. The maximum atomic E-state index is 11.6. The third-order valence-electron chi connectivity index (χ3n) is 1.95. The Balaban J connectivity index is 3.05. The lowest BCUT2D eigenvalue weighted by atomic mass is 10.3. The highest BCUT2D eigenvalue weighted by Gasteiger charge is 2.16. The largest absolute Gasteiger partial charge is 0.384 e. The second-order valence-electron chi connectivity index (χ2n) is 3.37. The standard InChI is InChI=1S/C8H15N5O2S/c1-3-4-16(14,15)12-8-6(7(9)10)5-11-13(8)2/h5,12H,3-4H2,1-2H3,(H3,9,10). The summed E-state index contributed by atoms with van der Waals surface area (Å²) < 4.78 is 26.8. The van der Waals surface area contributed by atoms with Crippen molar-refractivity contribution in [3.63, 3.8) is 0 Å². The monoisotopic (exact) mass is 245 g/mol. The molecule has 0 aliphatic heterocycles. The number of sulfonamides is 1. The van der Waals surface area contributed by atoms with Crippen molar-refractivity contribution in [1.82, 2.24) is 9.78 Å². The van der Waals surface area contributed by atoms with Gasteiger partial charge in [-0.15, -0.1) is 0 Å². The van der Waals surface area contributed by atoms with Crippen LogP contribution in [0.3, 0.4) is 0 Å². The number of anilines is 1. The van der Waals surface area contributed by atoms with Gasteiger partial charge < -0.3 is 5.73 Å². The van der Waals surface area contributed by atoms with Crippen molar-refractivity contribution in [2.45, 2.75) is 13.3 Å². The molecule has 0 fully saturated rings. The molecule has 0 unspecified atom stereocenters. The first kappa shape index (κ1) is 12.5. The van der Waals surface area contributed by atoms with Crippen molar-refractivity contribution in [3.8, 4) is 0 Å². The van der Waals surface area contributed by atoms with Gasteiger partial charge >= 0.3 is 0 Å². The maximum absolute atomic E-state index is 11.6. The van der Waals surface area contributed by atoms with Gasteiger partial charge in [0, 0.05) is 7.05 Å². The lowest BCUT2D eigenvalue weighted by Gasteiger charge is -2.08. The molecule has 1 rings (SSSR count). The van der Waals surface area contributed by atoms with E-state index < -0.39 is 10.0 Å². The Hall–Kier alpha value is -1.57. The van der Waals surface area contributed by atoms with E-state index in [-0.39, 0.29) is 23.0 Å². The molecule has 1 aromatic heterocycles. The molecule has 7 nitrogen and oxygen atoms in total. The Kier molecular flexibility index (Phi) is 3.53. The number of hydrogen-bond acceptors (Lipinski definition) is 4. The van der Waals surface area contributed by atoms with E-state index in [4.69, 9.17) is 11.1 Å². The molecule has 0 amide bonds. The van der Waals surface area contributed by atoms with Gasteiger partial charge in [-0.3, -0.25) is 14.8 Å². The number of nitrogen functional groups attached to an aromatic ring is 1. The summed E-state index contributed by atoms with van der Waals surface area (Å²) in [6, 6.07) is 0. The summed E-state index contributed by atoms with van der Waals surface area (Å²) in [6.45, 7) is 1.77. The van der Waals surface area contributed by atoms with Crippen molar-refractivity contribution >= 4 is 21.7 Å². The van der Waals surface area contributed by atoms with Crippen LogP contribution in [-0.4, -0.2) is 29.8 Å². The maximum Gasteiger partial charge on any atom is 0.233 e. The first-order chi connectivity index (χ1) is 7.37. The fourth-order valence-corrected chi connectivity index (χ4v) is 2.40. The molecule has 1 aromatic rings. The zero-order valence-electron chi connectivity index (χ0n) is 9.19. The van der Waals surface area contributed by atoms with Crippen LogP contribution in [0.5, 0.6) is 0 Å². The number of hydrogen-bond donors (Lipinski definition) is 3. The number of rotatable bonds is 5. The van der Waals surface area contributed by atoms with Gasteiger partial charge in [-0.1, -0.05) is 6.92 Å². The fraction of sp³-hybridized carbons (Fsp3) is 0.500. The van der Waals surface area contributed by atoms with E-state index in [1.165, 1.54) is 10.9 Å². The predicted molar refractivity (Wildman–Crippen MR) is 61.9 cm³/mol. The highest BCUT2D eigenvalue weighted by Crippen LogP contribution is 2.15. The van der Waals surface area contributed by atoms with Gasteiger partial charge in [0.2, 0.25) is 10.0 Å². The van der Waals surface area contributed by atoms with Gasteiger partial charge in [-0.2, -0.15) is 5.10 Å². The quantitative estimate of drug-likeness (QED) is 0.494. The van der Waals surface area contributed by atoms with E-state index in [9.17, 15) is 8.42 Å². The fourth-order valence-electron chi connectivity index (χ4n) is 1.22. The molecule has 1 heterocycles. The number of amidine groups is 1. The molecule has 0 saturated heterocycles. The van der Waals surface area contributed by atoms with E-state index in [0.717, 1.165) is 0 Å². The molecule has 4 N–H and O–H groups in total. The SMILES string of the molecule is CCCS(=O)(=O)Nc1c(C(=N)N)cnn1C. The zero-order valence-corrected chi connectivity index (χ0v) is 10.0. The van der Waals surface area contributed by atoms with Crippen molar-refractivity contribution < 1.29 is 8.42 Å². The van der Waals surface area contributed by atoms with E-state index in [2.05, 4.69) is 9.82 Å². The lowest BCUT2D eigenvalue weighted by Crippen LogP contribution is -2.21. The predicted octanol–water partition coefficient (Wildman–Crippen LogP) is -0.144. The van der Waals surface area contributed by atoms with Crippen LogP contribution >= 0.6 is 0 Å². The van der Waals surface area contributed by atoms with E-state index >= 15 is 0 Å². The van der Waals surface area contributed by atoms with E-state index in [1.54, 1.807) is 14.0 Å². The van der Waals surface area contributed by atoms with Crippen LogP contribution in [0.25, 0.3) is 0 Å². The second kappa shape index (κ2) is 4.52. The second-order valence-corrected chi connectivity index (χ2v) is 5.21. The number of nitrogens with zero attached hydrogens (tertiary/aromatic N) is 2. The molecule has 90 valence electrons. The zero-order chi connectivity index (χ0) is 12.3. The van der Waals surface area contributed by atoms with Crippen LogP contribution in [0.1, 0.15) is 18.9 Å². The summed E-state index contributed by atoms with van der Waals surface area (Å²) >= 11 is 0. The number of aromatic nitrogens is 2. The average Bonchev–Trinajstić information content (AvgIpc) is 2.47. The van der Waals surface area contributed by atoms with Crippen molar-refractivity contribution in [3.05, 3.63) is 11.8 Å². The Morgan fingerprint density at radius 1 is 1.69 bits per heavy atom. The van der Waals surface area contributed by atoms with Crippen LogP contribution in [-0.2, 0) is 17.1 Å². The normalized spacial score (nSPS) is 11.4. The summed E-state index contributed by atoms with van der Waals surface area (Å²) in [4.78, 5) is 0. The summed E-state index contributed by atoms with van der Waals surface area (Å²) in [5, 5.41) is 11.1. The van der Waals surface area contributed by atoms with Crippen LogP contribution in [0.15, 0.2) is 6.20 Å². The molecule has 0 saturated carbocycles. The van der Waals surface area contributed by atoms with Gasteiger partial charge in [-0.05, 0) is 6.42 Å². The van der Waals surface area contributed by atoms with Crippen LogP contribution < -0.4 is 10.5 Å². The van der Waals surface area contributed by atoms with Crippen molar-refractivity contribution in [1.29, 1.82) is 5.41 Å². The molecule has 0 spiro atoms. The topological polar surface area (TPSA) is 114 Å². The Morgan fingerprint density at radius 2 is 2.31 bits per heavy atom. The average molecular weight is 245 g/mol. The number of aryl methyl sites for hydroxylation is 1. The molecular formula is C8H15N5O2S. The van der Waals surface area contributed by atoms with Gasteiger partial charge in [0.1, 0.15) is 11.7 Å². The number of nitrogens with one attached hydrogen (secondary N) is 2. The first-order valence-electron chi connectivity index (χ1n) is 4.74. The van der Waals surface area contributed by atoms with Crippen molar-refractivity contribution in [2.75, 3.05) is 10.5 Å². The van der Waals surface area contributed by atoms with E-state index in [0.29, 0.717) is 6.42 Å². The Bertz CT molecular complexity index is 491. The van der Waals surface area contributed by atoms with Crippen LogP contribution in [0.4, 0.5) is 5.82 Å². The molecule has 0 radical (unpaired) electrons. The molecular weight excluding hydrogens is 230 g/mol. The van der Waals surface area contributed by atoms with Crippen molar-refractivity contribution in [2.24, 2.45) is 12.8 Å². The molecule has 0 atom stereocenters. The minimum Gasteiger partial charge on any atom is -0.384 e. The first-order valence-corrected chi connectivity index (χ1v) is 6.39. The molecule has 0 aromatic carbocycles. The third-order valence-corrected chi connectivity index (χ3v) is 3.40.